The van der Waals surface area contributed by atoms with Gasteiger partial charge in [-0.05, 0) is 59.7 Å². The second-order valence-corrected chi connectivity index (χ2v) is 5.07. The molecular weight excluding hydrogens is 311 g/mol. The number of benzene rings is 1. The molecule has 0 aliphatic rings. The maximum atomic E-state index is 4.70. The maximum absolute atomic E-state index is 4.70. The van der Waals surface area contributed by atoms with E-state index in [1.54, 1.807) is 0 Å². The number of pyridine rings is 1. The summed E-state index contributed by atoms with van der Waals surface area (Å²) in [6.07, 6.45) is 0.975. The van der Waals surface area contributed by atoms with E-state index in [4.69, 9.17) is 4.98 Å². The molecule has 0 saturated heterocycles. The fourth-order valence-electron chi connectivity index (χ4n) is 2.05. The number of anilines is 1. The summed E-state index contributed by atoms with van der Waals surface area (Å²) in [5.41, 5.74) is 4.73. The Bertz CT molecular complexity index is 535. The molecule has 0 radical (unpaired) electrons. The van der Waals surface area contributed by atoms with Crippen LogP contribution in [0.1, 0.15) is 18.2 Å². The Morgan fingerprint density at radius 2 is 2.12 bits per heavy atom. The Labute approximate surface area is 110 Å². The van der Waals surface area contributed by atoms with Crippen LogP contribution in [0, 0.1) is 10.5 Å². The second-order valence-electron chi connectivity index (χ2n) is 3.82. The summed E-state index contributed by atoms with van der Waals surface area (Å²) in [6.45, 7) is 4.28. The topological polar surface area (TPSA) is 24.9 Å². The molecule has 0 fully saturated rings. The van der Waals surface area contributed by atoms with Gasteiger partial charge in [0.1, 0.15) is 0 Å². The van der Waals surface area contributed by atoms with Crippen LogP contribution in [0.15, 0.2) is 18.2 Å². The van der Waals surface area contributed by atoms with Crippen LogP contribution in [-0.2, 0) is 6.42 Å². The van der Waals surface area contributed by atoms with Crippen LogP contribution in [0.3, 0.4) is 0 Å². The third kappa shape index (κ3) is 1.88. The molecule has 2 nitrogen and oxygen atoms in total. The zero-order valence-corrected chi connectivity index (χ0v) is 11.9. The van der Waals surface area contributed by atoms with E-state index in [1.165, 1.54) is 25.9 Å². The highest BCUT2D eigenvalue weighted by molar-refractivity contribution is 14.1. The summed E-state index contributed by atoms with van der Waals surface area (Å²) in [7, 11) is 1.97. The molecule has 1 aromatic heterocycles. The summed E-state index contributed by atoms with van der Waals surface area (Å²) < 4.78 is 1.24. The van der Waals surface area contributed by atoms with Crippen molar-refractivity contribution >= 4 is 39.2 Å². The smallest absolute Gasteiger partial charge is 0.0727 e. The molecule has 1 aromatic carbocycles. The minimum atomic E-state index is 0.975. The lowest BCUT2D eigenvalue weighted by Gasteiger charge is -2.13. The Hall–Kier alpha value is -0.840. The highest BCUT2D eigenvalue weighted by Crippen LogP contribution is 2.29. The van der Waals surface area contributed by atoms with Crippen molar-refractivity contribution in [3.8, 4) is 0 Å². The van der Waals surface area contributed by atoms with Gasteiger partial charge in [0, 0.05) is 27.4 Å². The lowest BCUT2D eigenvalue weighted by molar-refractivity contribution is 1.03. The highest BCUT2D eigenvalue weighted by Gasteiger charge is 2.09. The second kappa shape index (κ2) is 4.57. The molecule has 84 valence electrons. The zero-order chi connectivity index (χ0) is 11.7. The monoisotopic (exact) mass is 326 g/mol. The van der Waals surface area contributed by atoms with Crippen molar-refractivity contribution in [2.24, 2.45) is 0 Å². The quantitative estimate of drug-likeness (QED) is 0.850. The fraction of sp³-hybridized carbons (Fsp3) is 0.308. The third-order valence-corrected chi connectivity index (χ3v) is 3.55. The molecule has 16 heavy (non-hydrogen) atoms. The zero-order valence-electron chi connectivity index (χ0n) is 9.76. The predicted octanol–water partition coefficient (Wildman–Crippen LogP) is 3.75. The van der Waals surface area contributed by atoms with E-state index in [0.717, 1.165) is 11.9 Å². The van der Waals surface area contributed by atoms with E-state index in [2.05, 4.69) is 60.0 Å². The van der Waals surface area contributed by atoms with E-state index in [-0.39, 0.29) is 0 Å². The normalized spacial score (nSPS) is 10.8. The SMILES string of the molecule is CCc1nc2ccc(I)cc2c(NC)c1C. The first-order valence-electron chi connectivity index (χ1n) is 5.43. The molecule has 2 aromatic rings. The highest BCUT2D eigenvalue weighted by atomic mass is 127. The standard InChI is InChI=1S/C13H15IN2/c1-4-11-8(2)13(15-3)10-7-9(14)5-6-12(10)16-11/h5-7H,4H2,1-3H3,(H,15,16). The first-order valence-corrected chi connectivity index (χ1v) is 6.51. The molecule has 1 N–H and O–H groups in total. The van der Waals surface area contributed by atoms with Crippen molar-refractivity contribution in [2.45, 2.75) is 20.3 Å². The van der Waals surface area contributed by atoms with E-state index in [1.807, 2.05) is 7.05 Å². The Balaban J connectivity index is 2.84. The van der Waals surface area contributed by atoms with Gasteiger partial charge in [0.15, 0.2) is 0 Å². The van der Waals surface area contributed by atoms with Gasteiger partial charge >= 0.3 is 0 Å². The molecule has 0 spiro atoms. The van der Waals surface area contributed by atoms with E-state index in [0.29, 0.717) is 0 Å². The van der Waals surface area contributed by atoms with Gasteiger partial charge < -0.3 is 5.32 Å². The van der Waals surface area contributed by atoms with E-state index < -0.39 is 0 Å². The van der Waals surface area contributed by atoms with Crippen molar-refractivity contribution in [3.05, 3.63) is 33.0 Å². The van der Waals surface area contributed by atoms with Gasteiger partial charge in [-0.1, -0.05) is 6.92 Å². The molecule has 1 heterocycles. The molecule has 0 amide bonds. The summed E-state index contributed by atoms with van der Waals surface area (Å²) in [5, 5.41) is 4.51. The number of nitrogens with zero attached hydrogens (tertiary/aromatic N) is 1. The van der Waals surface area contributed by atoms with Crippen LogP contribution in [-0.4, -0.2) is 12.0 Å². The molecule has 0 atom stereocenters. The molecule has 3 heteroatoms. The van der Waals surface area contributed by atoms with Crippen molar-refractivity contribution in [2.75, 3.05) is 12.4 Å². The lowest BCUT2D eigenvalue weighted by atomic mass is 10.1. The Kier molecular flexibility index (Phi) is 3.33. The number of aryl methyl sites for hydroxylation is 1. The average molecular weight is 326 g/mol. The average Bonchev–Trinajstić information content (AvgIpc) is 2.28. The number of halogens is 1. The molecule has 2 rings (SSSR count). The van der Waals surface area contributed by atoms with Gasteiger partial charge in [-0.3, -0.25) is 4.98 Å². The van der Waals surface area contributed by atoms with E-state index in [9.17, 15) is 0 Å². The summed E-state index contributed by atoms with van der Waals surface area (Å²) in [5.74, 6) is 0. The van der Waals surface area contributed by atoms with Crippen LogP contribution in [0.2, 0.25) is 0 Å². The summed E-state index contributed by atoms with van der Waals surface area (Å²) in [6, 6.07) is 6.38. The van der Waals surface area contributed by atoms with Gasteiger partial charge in [-0.25, -0.2) is 0 Å². The Morgan fingerprint density at radius 1 is 1.38 bits per heavy atom. The van der Waals surface area contributed by atoms with Gasteiger partial charge in [0.2, 0.25) is 0 Å². The van der Waals surface area contributed by atoms with Crippen molar-refractivity contribution in [3.63, 3.8) is 0 Å². The predicted molar refractivity (Wildman–Crippen MR) is 78.1 cm³/mol. The molecule has 0 unspecified atom stereocenters. The summed E-state index contributed by atoms with van der Waals surface area (Å²) >= 11 is 2.34. The number of hydrogen-bond donors (Lipinski definition) is 1. The van der Waals surface area contributed by atoms with E-state index >= 15 is 0 Å². The van der Waals surface area contributed by atoms with Gasteiger partial charge in [0.05, 0.1) is 5.52 Å². The Morgan fingerprint density at radius 3 is 2.75 bits per heavy atom. The van der Waals surface area contributed by atoms with Crippen molar-refractivity contribution in [1.29, 1.82) is 0 Å². The van der Waals surface area contributed by atoms with Crippen LogP contribution >= 0.6 is 22.6 Å². The number of nitrogens with one attached hydrogen (secondary N) is 1. The number of hydrogen-bond acceptors (Lipinski definition) is 2. The van der Waals surface area contributed by atoms with Crippen LogP contribution in [0.4, 0.5) is 5.69 Å². The van der Waals surface area contributed by atoms with Crippen LogP contribution in [0.25, 0.3) is 10.9 Å². The van der Waals surface area contributed by atoms with Gasteiger partial charge in [-0.15, -0.1) is 0 Å². The summed E-state index contributed by atoms with van der Waals surface area (Å²) in [4.78, 5) is 4.70. The first-order chi connectivity index (χ1) is 7.67. The maximum Gasteiger partial charge on any atom is 0.0727 e. The number of aromatic nitrogens is 1. The molecule has 0 aliphatic heterocycles. The van der Waals surface area contributed by atoms with Gasteiger partial charge in [0.25, 0.3) is 0 Å². The molecule has 0 saturated carbocycles. The largest absolute Gasteiger partial charge is 0.387 e. The third-order valence-electron chi connectivity index (χ3n) is 2.88. The molecular formula is C13H15IN2. The van der Waals surface area contributed by atoms with Crippen molar-refractivity contribution in [1.82, 2.24) is 4.98 Å². The number of fused-ring (bicyclic) bond motifs is 1. The molecule has 0 bridgehead atoms. The van der Waals surface area contributed by atoms with Crippen LogP contribution < -0.4 is 5.32 Å². The molecule has 0 aliphatic carbocycles. The van der Waals surface area contributed by atoms with Gasteiger partial charge in [-0.2, -0.15) is 0 Å². The fourth-order valence-corrected chi connectivity index (χ4v) is 2.54. The lowest BCUT2D eigenvalue weighted by Crippen LogP contribution is -2.00. The first kappa shape index (κ1) is 11.6. The number of rotatable bonds is 2. The minimum Gasteiger partial charge on any atom is -0.387 e. The minimum absolute atomic E-state index is 0.975. The van der Waals surface area contributed by atoms with Crippen LogP contribution in [0.5, 0.6) is 0 Å². The van der Waals surface area contributed by atoms with Crippen molar-refractivity contribution < 1.29 is 0 Å².